The molecule has 188 valence electrons. The van der Waals surface area contributed by atoms with E-state index >= 15 is 0 Å². The zero-order valence-electron chi connectivity index (χ0n) is 19.7. The fraction of sp³-hybridized carbons (Fsp3) is 0.192. The van der Waals surface area contributed by atoms with Crippen LogP contribution in [0.15, 0.2) is 48.7 Å². The van der Waals surface area contributed by atoms with E-state index in [0.717, 1.165) is 21.8 Å². The van der Waals surface area contributed by atoms with Crippen molar-refractivity contribution in [2.75, 3.05) is 0 Å². The van der Waals surface area contributed by atoms with E-state index in [9.17, 15) is 29.0 Å². The SMILES string of the molecule is Cc1cc(CNC(=O)c2cc(C(=O)N[C@H]3CCc4cc(C(=O)O)ccc43)nc3c(O)cnn23)ccc1F. The Bertz CT molecular complexity index is 1580. The number of halogens is 1. The zero-order valence-corrected chi connectivity index (χ0v) is 19.7. The minimum Gasteiger partial charge on any atom is -0.503 e. The molecule has 0 aliphatic heterocycles. The van der Waals surface area contributed by atoms with Gasteiger partial charge in [0.1, 0.15) is 17.2 Å². The Morgan fingerprint density at radius 2 is 1.95 bits per heavy atom. The third-order valence-electron chi connectivity index (χ3n) is 6.37. The Kier molecular flexibility index (Phi) is 6.04. The molecule has 4 N–H and O–H groups in total. The fourth-order valence-corrected chi connectivity index (χ4v) is 4.45. The van der Waals surface area contributed by atoms with Crippen molar-refractivity contribution in [3.8, 4) is 5.75 Å². The molecule has 2 aromatic carbocycles. The number of aromatic nitrogens is 3. The van der Waals surface area contributed by atoms with Gasteiger partial charge in [0.15, 0.2) is 11.4 Å². The van der Waals surface area contributed by atoms with Crippen molar-refractivity contribution in [2.45, 2.75) is 32.4 Å². The molecule has 4 aromatic rings. The molecule has 1 atom stereocenters. The minimum atomic E-state index is -1.02. The summed E-state index contributed by atoms with van der Waals surface area (Å²) in [5, 5.41) is 29.0. The summed E-state index contributed by atoms with van der Waals surface area (Å²) in [5.41, 5.74) is 2.80. The molecule has 37 heavy (non-hydrogen) atoms. The van der Waals surface area contributed by atoms with Crippen LogP contribution in [-0.2, 0) is 13.0 Å². The van der Waals surface area contributed by atoms with Crippen LogP contribution >= 0.6 is 0 Å². The second kappa shape index (κ2) is 9.34. The van der Waals surface area contributed by atoms with Gasteiger partial charge in [-0.3, -0.25) is 9.59 Å². The van der Waals surface area contributed by atoms with E-state index in [1.165, 1.54) is 18.2 Å². The van der Waals surface area contributed by atoms with Gasteiger partial charge in [0, 0.05) is 12.6 Å². The average molecular weight is 503 g/mol. The Morgan fingerprint density at radius 1 is 1.14 bits per heavy atom. The van der Waals surface area contributed by atoms with Gasteiger partial charge in [-0.25, -0.2) is 18.7 Å². The summed E-state index contributed by atoms with van der Waals surface area (Å²) < 4.78 is 14.7. The quantitative estimate of drug-likeness (QED) is 0.316. The number of hydrogen-bond donors (Lipinski definition) is 4. The molecule has 0 spiro atoms. The van der Waals surface area contributed by atoms with Gasteiger partial charge in [-0.15, -0.1) is 0 Å². The third kappa shape index (κ3) is 4.58. The van der Waals surface area contributed by atoms with Gasteiger partial charge in [-0.05, 0) is 60.2 Å². The Balaban J connectivity index is 1.39. The number of carbonyl (C=O) groups is 3. The van der Waals surface area contributed by atoms with Gasteiger partial charge in [-0.1, -0.05) is 18.2 Å². The van der Waals surface area contributed by atoms with Gasteiger partial charge in [0.25, 0.3) is 11.8 Å². The molecular formula is C26H22FN5O5. The summed E-state index contributed by atoms with van der Waals surface area (Å²) in [6.45, 7) is 1.73. The summed E-state index contributed by atoms with van der Waals surface area (Å²) >= 11 is 0. The summed E-state index contributed by atoms with van der Waals surface area (Å²) in [5.74, 6) is -2.80. The Morgan fingerprint density at radius 3 is 2.70 bits per heavy atom. The maximum Gasteiger partial charge on any atom is 0.335 e. The van der Waals surface area contributed by atoms with Crippen molar-refractivity contribution >= 4 is 23.4 Å². The maximum absolute atomic E-state index is 13.5. The normalized spacial score (nSPS) is 14.4. The van der Waals surface area contributed by atoms with Crippen molar-refractivity contribution in [1.82, 2.24) is 25.2 Å². The van der Waals surface area contributed by atoms with E-state index in [0.29, 0.717) is 24.0 Å². The van der Waals surface area contributed by atoms with Crippen LogP contribution in [0.1, 0.15) is 66.1 Å². The molecule has 0 fully saturated rings. The number of carboxylic acids is 1. The van der Waals surface area contributed by atoms with Crippen molar-refractivity contribution in [3.05, 3.63) is 93.7 Å². The number of nitrogens with zero attached hydrogens (tertiary/aromatic N) is 3. The molecule has 2 heterocycles. The van der Waals surface area contributed by atoms with E-state index in [1.807, 2.05) is 0 Å². The number of aryl methyl sites for hydroxylation is 2. The second-order valence-electron chi connectivity index (χ2n) is 8.84. The summed E-state index contributed by atoms with van der Waals surface area (Å²) in [6, 6.07) is 10.2. The lowest BCUT2D eigenvalue weighted by Gasteiger charge is -2.15. The van der Waals surface area contributed by atoms with Crippen LogP contribution in [0, 0.1) is 12.7 Å². The zero-order chi connectivity index (χ0) is 26.3. The molecule has 1 aliphatic carbocycles. The Hall–Kier alpha value is -4.80. The second-order valence-corrected chi connectivity index (χ2v) is 8.84. The lowest BCUT2D eigenvalue weighted by molar-refractivity contribution is 0.0696. The molecule has 0 saturated carbocycles. The molecule has 2 aromatic heterocycles. The summed E-state index contributed by atoms with van der Waals surface area (Å²) in [7, 11) is 0. The number of benzene rings is 2. The van der Waals surface area contributed by atoms with Gasteiger partial charge in [0.05, 0.1) is 17.8 Å². The molecule has 10 nitrogen and oxygen atoms in total. The highest BCUT2D eigenvalue weighted by Gasteiger charge is 2.27. The van der Waals surface area contributed by atoms with Gasteiger partial charge in [0.2, 0.25) is 0 Å². The Labute approximate surface area is 209 Å². The third-order valence-corrected chi connectivity index (χ3v) is 6.37. The van der Waals surface area contributed by atoms with E-state index in [-0.39, 0.29) is 46.8 Å². The smallest absolute Gasteiger partial charge is 0.335 e. The van der Waals surface area contributed by atoms with Crippen LogP contribution in [0.25, 0.3) is 5.65 Å². The number of carbonyl (C=O) groups excluding carboxylic acids is 2. The van der Waals surface area contributed by atoms with E-state index < -0.39 is 17.8 Å². The predicted molar refractivity (Wildman–Crippen MR) is 129 cm³/mol. The first-order valence-corrected chi connectivity index (χ1v) is 11.5. The summed E-state index contributed by atoms with van der Waals surface area (Å²) in [6.07, 6.45) is 2.31. The standard InChI is InChI=1S/C26H22FN5O5/c1-13-8-14(2-6-18(13)27)11-28-25(35)21-10-20(30-23-22(33)12-29-32(21)23)24(34)31-19-7-4-15-9-16(26(36)37)3-5-17(15)19/h2-3,5-6,8-10,12,19,33H,4,7,11H2,1H3,(H,28,35)(H,31,34)(H,36,37)/t19-/m0/s1. The van der Waals surface area contributed by atoms with Crippen LogP contribution in [0.2, 0.25) is 0 Å². The van der Waals surface area contributed by atoms with Crippen molar-refractivity contribution in [3.63, 3.8) is 0 Å². The van der Waals surface area contributed by atoms with E-state index in [4.69, 9.17) is 0 Å². The molecule has 11 heteroatoms. The number of aromatic hydroxyl groups is 1. The first-order valence-electron chi connectivity index (χ1n) is 11.5. The van der Waals surface area contributed by atoms with Crippen LogP contribution < -0.4 is 10.6 Å². The molecule has 1 aliphatic rings. The molecule has 0 saturated heterocycles. The molecule has 2 amide bonds. The van der Waals surface area contributed by atoms with Gasteiger partial charge in [-0.2, -0.15) is 5.10 Å². The van der Waals surface area contributed by atoms with Crippen molar-refractivity contribution in [2.24, 2.45) is 0 Å². The van der Waals surface area contributed by atoms with Crippen LogP contribution in [0.5, 0.6) is 5.75 Å². The largest absolute Gasteiger partial charge is 0.503 e. The van der Waals surface area contributed by atoms with Crippen LogP contribution in [0.4, 0.5) is 4.39 Å². The molecular weight excluding hydrogens is 481 g/mol. The average Bonchev–Trinajstić information content (AvgIpc) is 3.46. The highest BCUT2D eigenvalue weighted by atomic mass is 19.1. The topological polar surface area (TPSA) is 146 Å². The van der Waals surface area contributed by atoms with Gasteiger partial charge >= 0.3 is 5.97 Å². The molecule has 0 bridgehead atoms. The number of amides is 2. The lowest BCUT2D eigenvalue weighted by Crippen LogP contribution is -2.30. The molecule has 0 radical (unpaired) electrons. The number of fused-ring (bicyclic) bond motifs is 2. The fourth-order valence-electron chi connectivity index (χ4n) is 4.45. The number of carboxylic acid groups (broad SMARTS) is 1. The van der Waals surface area contributed by atoms with Crippen molar-refractivity contribution in [1.29, 1.82) is 0 Å². The van der Waals surface area contributed by atoms with Crippen LogP contribution in [-0.4, -0.2) is 42.6 Å². The first kappa shape index (κ1) is 23.9. The highest BCUT2D eigenvalue weighted by molar-refractivity contribution is 5.98. The first-order chi connectivity index (χ1) is 17.7. The number of aromatic carboxylic acids is 1. The maximum atomic E-state index is 13.5. The highest BCUT2D eigenvalue weighted by Crippen LogP contribution is 2.32. The minimum absolute atomic E-state index is 0.0211. The van der Waals surface area contributed by atoms with Crippen LogP contribution in [0.3, 0.4) is 0 Å². The number of rotatable bonds is 6. The molecule has 5 rings (SSSR count). The lowest BCUT2D eigenvalue weighted by atomic mass is 10.0. The number of hydrogen-bond acceptors (Lipinski definition) is 6. The van der Waals surface area contributed by atoms with E-state index in [2.05, 4.69) is 20.7 Å². The monoisotopic (exact) mass is 503 g/mol. The van der Waals surface area contributed by atoms with Gasteiger partial charge < -0.3 is 20.8 Å². The predicted octanol–water partition coefficient (Wildman–Crippen LogP) is 2.93. The molecule has 0 unspecified atom stereocenters. The number of nitrogens with one attached hydrogen (secondary N) is 2. The van der Waals surface area contributed by atoms with E-state index in [1.54, 1.807) is 31.2 Å². The van der Waals surface area contributed by atoms with Crippen molar-refractivity contribution < 1.29 is 29.0 Å². The summed E-state index contributed by atoms with van der Waals surface area (Å²) in [4.78, 5) is 41.6.